The van der Waals surface area contributed by atoms with Crippen molar-refractivity contribution in [3.8, 4) is 11.5 Å². The van der Waals surface area contributed by atoms with E-state index in [1.165, 1.54) is 25.1 Å². The lowest BCUT2D eigenvalue weighted by Crippen LogP contribution is -2.49. The zero-order chi connectivity index (χ0) is 16.9. The predicted octanol–water partition coefficient (Wildman–Crippen LogP) is 2.23. The van der Waals surface area contributed by atoms with Crippen molar-refractivity contribution < 1.29 is 9.47 Å². The molecule has 2 fully saturated rings. The van der Waals surface area contributed by atoms with Gasteiger partial charge >= 0.3 is 0 Å². The van der Waals surface area contributed by atoms with Gasteiger partial charge in [-0.15, -0.1) is 0 Å². The highest BCUT2D eigenvalue weighted by molar-refractivity contribution is 6.32. The SMILES string of the molecule is CCOc1c(Cl)cc(CN2CCC(N3CCNCC3)C2)cc1OC. The first-order chi connectivity index (χ1) is 11.7. The molecule has 6 heteroatoms. The van der Waals surface area contributed by atoms with Crippen molar-refractivity contribution in [1.82, 2.24) is 15.1 Å². The standard InChI is InChI=1S/C18H28ClN3O2/c1-3-24-18-16(19)10-14(11-17(18)23-2)12-21-7-4-15(13-21)22-8-5-20-6-9-22/h10-11,15,20H,3-9,12-13H2,1-2H3. The van der Waals surface area contributed by atoms with E-state index >= 15 is 0 Å². The summed E-state index contributed by atoms with van der Waals surface area (Å²) < 4.78 is 11.1. The fraction of sp³-hybridized carbons (Fsp3) is 0.667. The summed E-state index contributed by atoms with van der Waals surface area (Å²) in [5.74, 6) is 1.36. The van der Waals surface area contributed by atoms with Crippen LogP contribution in [0.2, 0.25) is 5.02 Å². The molecule has 2 aliphatic rings. The number of halogens is 1. The van der Waals surface area contributed by atoms with E-state index in [0.717, 1.165) is 38.5 Å². The van der Waals surface area contributed by atoms with E-state index in [1.54, 1.807) is 7.11 Å². The summed E-state index contributed by atoms with van der Waals surface area (Å²) >= 11 is 6.39. The number of likely N-dealkylation sites (tertiary alicyclic amines) is 1. The Morgan fingerprint density at radius 1 is 1.25 bits per heavy atom. The van der Waals surface area contributed by atoms with Gasteiger partial charge in [0.05, 0.1) is 18.7 Å². The third-order valence-electron chi connectivity index (χ3n) is 4.90. The van der Waals surface area contributed by atoms with Crippen molar-refractivity contribution in [1.29, 1.82) is 0 Å². The zero-order valence-electron chi connectivity index (χ0n) is 14.7. The molecule has 0 spiro atoms. The van der Waals surface area contributed by atoms with E-state index in [-0.39, 0.29) is 0 Å². The van der Waals surface area contributed by atoms with Crippen LogP contribution in [0.3, 0.4) is 0 Å². The minimum atomic E-state index is 0.577. The average Bonchev–Trinajstić information content (AvgIpc) is 3.06. The predicted molar refractivity (Wildman–Crippen MR) is 97.3 cm³/mol. The van der Waals surface area contributed by atoms with E-state index in [9.17, 15) is 0 Å². The van der Waals surface area contributed by atoms with Crippen LogP contribution in [0.4, 0.5) is 0 Å². The monoisotopic (exact) mass is 353 g/mol. The maximum Gasteiger partial charge on any atom is 0.179 e. The Hall–Kier alpha value is -1.01. The number of piperazine rings is 1. The third-order valence-corrected chi connectivity index (χ3v) is 5.18. The number of benzene rings is 1. The molecule has 2 saturated heterocycles. The molecular formula is C18H28ClN3O2. The maximum absolute atomic E-state index is 6.39. The quantitative estimate of drug-likeness (QED) is 0.848. The zero-order valence-corrected chi connectivity index (χ0v) is 15.4. The Labute approximate surface area is 149 Å². The molecule has 2 heterocycles. The molecule has 1 N–H and O–H groups in total. The van der Waals surface area contributed by atoms with Gasteiger partial charge in [0, 0.05) is 51.9 Å². The van der Waals surface area contributed by atoms with Gasteiger partial charge in [-0.1, -0.05) is 11.6 Å². The number of rotatable bonds is 6. The number of hydrogen-bond acceptors (Lipinski definition) is 5. The number of hydrogen-bond donors (Lipinski definition) is 1. The van der Waals surface area contributed by atoms with Crippen molar-refractivity contribution in [2.24, 2.45) is 0 Å². The minimum Gasteiger partial charge on any atom is -0.493 e. The molecule has 0 bridgehead atoms. The first kappa shape index (κ1) is 17.8. The molecule has 1 aromatic rings. The second-order valence-electron chi connectivity index (χ2n) is 6.51. The van der Waals surface area contributed by atoms with Crippen LogP contribution in [0, 0.1) is 0 Å². The first-order valence-electron chi connectivity index (χ1n) is 8.87. The van der Waals surface area contributed by atoms with Gasteiger partial charge < -0.3 is 14.8 Å². The molecule has 0 amide bonds. The Bertz CT molecular complexity index is 549. The third kappa shape index (κ3) is 4.14. The van der Waals surface area contributed by atoms with Crippen LogP contribution in [0.5, 0.6) is 11.5 Å². The van der Waals surface area contributed by atoms with Gasteiger partial charge in [-0.05, 0) is 31.0 Å². The fourth-order valence-electron chi connectivity index (χ4n) is 3.71. The van der Waals surface area contributed by atoms with Gasteiger partial charge in [0.2, 0.25) is 0 Å². The molecule has 0 aromatic heterocycles. The number of nitrogens with zero attached hydrogens (tertiary/aromatic N) is 2. The molecule has 1 aromatic carbocycles. The van der Waals surface area contributed by atoms with E-state index in [4.69, 9.17) is 21.1 Å². The van der Waals surface area contributed by atoms with E-state index < -0.39 is 0 Å². The van der Waals surface area contributed by atoms with Crippen molar-refractivity contribution in [3.63, 3.8) is 0 Å². The van der Waals surface area contributed by atoms with Gasteiger partial charge in [0.15, 0.2) is 11.5 Å². The lowest BCUT2D eigenvalue weighted by molar-refractivity contribution is 0.170. The van der Waals surface area contributed by atoms with Crippen LogP contribution in [0.15, 0.2) is 12.1 Å². The van der Waals surface area contributed by atoms with Gasteiger partial charge in [0.1, 0.15) is 0 Å². The van der Waals surface area contributed by atoms with Gasteiger partial charge in [-0.2, -0.15) is 0 Å². The van der Waals surface area contributed by atoms with Crippen molar-refractivity contribution in [2.45, 2.75) is 25.9 Å². The summed E-state index contributed by atoms with van der Waals surface area (Å²) in [6, 6.07) is 4.74. The second kappa shape index (κ2) is 8.39. The van der Waals surface area contributed by atoms with Gasteiger partial charge in [0.25, 0.3) is 0 Å². The van der Waals surface area contributed by atoms with Crippen LogP contribution < -0.4 is 14.8 Å². The molecular weight excluding hydrogens is 326 g/mol. The highest BCUT2D eigenvalue weighted by Crippen LogP contribution is 2.37. The molecule has 24 heavy (non-hydrogen) atoms. The van der Waals surface area contributed by atoms with Crippen LogP contribution in [-0.2, 0) is 6.54 Å². The van der Waals surface area contributed by atoms with Gasteiger partial charge in [-0.25, -0.2) is 0 Å². The summed E-state index contributed by atoms with van der Waals surface area (Å²) in [6.45, 7) is 10.3. The van der Waals surface area contributed by atoms with Crippen LogP contribution >= 0.6 is 11.6 Å². The average molecular weight is 354 g/mol. The highest BCUT2D eigenvalue weighted by Gasteiger charge is 2.28. The maximum atomic E-state index is 6.39. The molecule has 0 radical (unpaired) electrons. The summed E-state index contributed by atoms with van der Waals surface area (Å²) in [5.41, 5.74) is 1.18. The molecule has 0 aliphatic carbocycles. The Kier molecular flexibility index (Phi) is 6.22. The molecule has 1 unspecified atom stereocenters. The van der Waals surface area contributed by atoms with E-state index in [2.05, 4.69) is 21.2 Å². The van der Waals surface area contributed by atoms with Crippen LogP contribution in [-0.4, -0.2) is 68.8 Å². The number of nitrogens with one attached hydrogen (secondary N) is 1. The summed E-state index contributed by atoms with van der Waals surface area (Å²) in [4.78, 5) is 5.14. The largest absolute Gasteiger partial charge is 0.493 e. The number of ether oxygens (including phenoxy) is 2. The molecule has 134 valence electrons. The normalized spacial score (nSPS) is 22.7. The van der Waals surface area contributed by atoms with Crippen molar-refractivity contribution in [2.75, 3.05) is 53.0 Å². The van der Waals surface area contributed by atoms with Gasteiger partial charge in [-0.3, -0.25) is 9.80 Å². The lowest BCUT2D eigenvalue weighted by atomic mass is 10.2. The van der Waals surface area contributed by atoms with Crippen LogP contribution in [0.25, 0.3) is 0 Å². The summed E-state index contributed by atoms with van der Waals surface area (Å²) in [6.07, 6.45) is 1.25. The lowest BCUT2D eigenvalue weighted by Gasteiger charge is -2.32. The van der Waals surface area contributed by atoms with E-state index in [1.807, 2.05) is 13.0 Å². The summed E-state index contributed by atoms with van der Waals surface area (Å²) in [5, 5.41) is 4.06. The Balaban J connectivity index is 1.63. The highest BCUT2D eigenvalue weighted by atomic mass is 35.5. The molecule has 3 rings (SSSR count). The minimum absolute atomic E-state index is 0.577. The summed E-state index contributed by atoms with van der Waals surface area (Å²) in [7, 11) is 1.66. The number of methoxy groups -OCH3 is 1. The van der Waals surface area contributed by atoms with Crippen molar-refractivity contribution in [3.05, 3.63) is 22.7 Å². The van der Waals surface area contributed by atoms with Crippen molar-refractivity contribution >= 4 is 11.6 Å². The fourth-order valence-corrected chi connectivity index (χ4v) is 4.00. The van der Waals surface area contributed by atoms with Crippen LogP contribution in [0.1, 0.15) is 18.9 Å². The molecule has 2 aliphatic heterocycles. The van der Waals surface area contributed by atoms with E-state index in [0.29, 0.717) is 23.4 Å². The Morgan fingerprint density at radius 2 is 2.04 bits per heavy atom. The second-order valence-corrected chi connectivity index (χ2v) is 6.91. The molecule has 0 saturated carbocycles. The molecule has 1 atom stereocenters. The molecule has 5 nitrogen and oxygen atoms in total. The first-order valence-corrected chi connectivity index (χ1v) is 9.25. The topological polar surface area (TPSA) is 37.0 Å². The Morgan fingerprint density at radius 3 is 2.75 bits per heavy atom. The smallest absolute Gasteiger partial charge is 0.179 e.